The van der Waals surface area contributed by atoms with Crippen molar-refractivity contribution in [1.82, 2.24) is 24.5 Å². The normalized spacial score (nSPS) is 16.1. The standard InChI is InChI=1S/C18H19F3N6O/c1-11-6-13-16(25-11)17(23-9-22-13)26-4-2-12(3-5-26)8-27-10-24-14(7-15(27)28)18(19,20)21/h6-7,9-10,12,25H,2-5,8H2,1H3. The highest BCUT2D eigenvalue weighted by molar-refractivity contribution is 5.86. The van der Waals surface area contributed by atoms with Gasteiger partial charge in [-0.1, -0.05) is 0 Å². The predicted molar refractivity (Wildman–Crippen MR) is 97.1 cm³/mol. The largest absolute Gasteiger partial charge is 0.433 e. The van der Waals surface area contributed by atoms with E-state index in [2.05, 4.69) is 24.8 Å². The van der Waals surface area contributed by atoms with Crippen molar-refractivity contribution in [3.8, 4) is 0 Å². The van der Waals surface area contributed by atoms with Gasteiger partial charge in [0.25, 0.3) is 5.56 Å². The Morgan fingerprint density at radius 2 is 1.93 bits per heavy atom. The van der Waals surface area contributed by atoms with Gasteiger partial charge in [-0.25, -0.2) is 15.0 Å². The molecule has 7 nitrogen and oxygen atoms in total. The van der Waals surface area contributed by atoms with Gasteiger partial charge in [-0.3, -0.25) is 9.36 Å². The van der Waals surface area contributed by atoms with E-state index in [1.165, 1.54) is 4.57 Å². The van der Waals surface area contributed by atoms with E-state index in [1.54, 1.807) is 6.33 Å². The summed E-state index contributed by atoms with van der Waals surface area (Å²) in [5, 5.41) is 0. The number of hydrogen-bond acceptors (Lipinski definition) is 5. The molecule has 1 aliphatic heterocycles. The molecule has 0 amide bonds. The Kier molecular flexibility index (Phi) is 4.56. The van der Waals surface area contributed by atoms with Gasteiger partial charge >= 0.3 is 6.18 Å². The van der Waals surface area contributed by atoms with Gasteiger partial charge in [0, 0.05) is 31.4 Å². The average molecular weight is 392 g/mol. The van der Waals surface area contributed by atoms with Crippen molar-refractivity contribution in [2.75, 3.05) is 18.0 Å². The maximum atomic E-state index is 12.6. The lowest BCUT2D eigenvalue weighted by molar-refractivity contribution is -0.141. The second-order valence-corrected chi connectivity index (χ2v) is 7.10. The second kappa shape index (κ2) is 6.92. The van der Waals surface area contributed by atoms with Crippen LogP contribution in [0.5, 0.6) is 0 Å². The summed E-state index contributed by atoms with van der Waals surface area (Å²) in [5.41, 5.74) is 0.955. The number of halogens is 3. The SMILES string of the molecule is Cc1cc2ncnc(N3CCC(Cn4cnc(C(F)(F)F)cc4=O)CC3)c2[nH]1. The molecule has 4 heterocycles. The van der Waals surface area contributed by atoms with Gasteiger partial charge in [0.05, 0.1) is 11.8 Å². The molecule has 148 valence electrons. The highest BCUT2D eigenvalue weighted by Gasteiger charge is 2.33. The number of aromatic nitrogens is 5. The number of H-pyrrole nitrogens is 1. The van der Waals surface area contributed by atoms with Crippen molar-refractivity contribution in [2.45, 2.75) is 32.5 Å². The van der Waals surface area contributed by atoms with Gasteiger partial charge in [0.15, 0.2) is 11.5 Å². The number of aryl methyl sites for hydroxylation is 1. The third-order valence-corrected chi connectivity index (χ3v) is 5.07. The van der Waals surface area contributed by atoms with Crippen molar-refractivity contribution in [1.29, 1.82) is 0 Å². The maximum absolute atomic E-state index is 12.6. The van der Waals surface area contributed by atoms with Gasteiger partial charge in [0.2, 0.25) is 0 Å². The molecule has 1 N–H and O–H groups in total. The monoisotopic (exact) mass is 392 g/mol. The fourth-order valence-corrected chi connectivity index (χ4v) is 3.62. The Hall–Kier alpha value is -2.91. The summed E-state index contributed by atoms with van der Waals surface area (Å²) in [6.45, 7) is 3.82. The van der Waals surface area contributed by atoms with Crippen LogP contribution in [0.1, 0.15) is 24.2 Å². The second-order valence-electron chi connectivity index (χ2n) is 7.10. The molecule has 4 rings (SSSR count). The van der Waals surface area contributed by atoms with Crippen LogP contribution in [-0.2, 0) is 12.7 Å². The fraction of sp³-hybridized carbons (Fsp3) is 0.444. The Morgan fingerprint density at radius 1 is 1.18 bits per heavy atom. The molecule has 1 saturated heterocycles. The quantitative estimate of drug-likeness (QED) is 0.742. The molecule has 0 unspecified atom stereocenters. The van der Waals surface area contributed by atoms with E-state index < -0.39 is 17.4 Å². The molecule has 0 bridgehead atoms. The van der Waals surface area contributed by atoms with Crippen LogP contribution in [-0.4, -0.2) is 37.6 Å². The molecule has 3 aromatic heterocycles. The molecular formula is C18H19F3N6O. The Balaban J connectivity index is 1.44. The molecular weight excluding hydrogens is 373 g/mol. The lowest BCUT2D eigenvalue weighted by Gasteiger charge is -2.33. The van der Waals surface area contributed by atoms with Crippen LogP contribution in [0.3, 0.4) is 0 Å². The highest BCUT2D eigenvalue weighted by atomic mass is 19.4. The highest BCUT2D eigenvalue weighted by Crippen LogP contribution is 2.28. The molecule has 0 radical (unpaired) electrons. The molecule has 10 heteroatoms. The number of anilines is 1. The maximum Gasteiger partial charge on any atom is 0.433 e. The first-order valence-corrected chi connectivity index (χ1v) is 9.00. The molecule has 3 aromatic rings. The number of fused-ring (bicyclic) bond motifs is 1. The zero-order valence-corrected chi connectivity index (χ0v) is 15.2. The van der Waals surface area contributed by atoms with E-state index in [0.29, 0.717) is 12.6 Å². The number of alkyl halides is 3. The Bertz CT molecular complexity index is 1050. The summed E-state index contributed by atoms with van der Waals surface area (Å²) < 4.78 is 39.2. The average Bonchev–Trinajstić information content (AvgIpc) is 3.03. The zero-order chi connectivity index (χ0) is 19.9. The molecule has 1 fully saturated rings. The minimum atomic E-state index is -4.61. The van der Waals surface area contributed by atoms with E-state index in [-0.39, 0.29) is 5.92 Å². The summed E-state index contributed by atoms with van der Waals surface area (Å²) in [6, 6.07) is 2.53. The van der Waals surface area contributed by atoms with E-state index in [9.17, 15) is 18.0 Å². The molecule has 0 aliphatic carbocycles. The summed E-state index contributed by atoms with van der Waals surface area (Å²) in [6.07, 6.45) is -0.461. The van der Waals surface area contributed by atoms with Crippen LogP contribution in [0.4, 0.5) is 19.0 Å². The van der Waals surface area contributed by atoms with Crippen molar-refractivity contribution in [2.24, 2.45) is 5.92 Å². The zero-order valence-electron chi connectivity index (χ0n) is 15.2. The summed E-state index contributed by atoms with van der Waals surface area (Å²) >= 11 is 0. The fourth-order valence-electron chi connectivity index (χ4n) is 3.62. The minimum absolute atomic E-state index is 0.190. The van der Waals surface area contributed by atoms with Gasteiger partial charge in [-0.05, 0) is 31.7 Å². The van der Waals surface area contributed by atoms with Gasteiger partial charge in [0.1, 0.15) is 11.8 Å². The van der Waals surface area contributed by atoms with E-state index in [0.717, 1.165) is 54.8 Å². The summed E-state index contributed by atoms with van der Waals surface area (Å²) in [4.78, 5) is 29.5. The first kappa shape index (κ1) is 18.5. The molecule has 0 spiro atoms. The third kappa shape index (κ3) is 3.58. The molecule has 0 aromatic carbocycles. The van der Waals surface area contributed by atoms with Crippen LogP contribution in [0.2, 0.25) is 0 Å². The van der Waals surface area contributed by atoms with Crippen LogP contribution in [0.15, 0.2) is 29.6 Å². The van der Waals surface area contributed by atoms with Crippen LogP contribution in [0.25, 0.3) is 11.0 Å². The van der Waals surface area contributed by atoms with Crippen molar-refractivity contribution in [3.63, 3.8) is 0 Å². The number of nitrogens with zero attached hydrogens (tertiary/aromatic N) is 5. The number of nitrogens with one attached hydrogen (secondary N) is 1. The lowest BCUT2D eigenvalue weighted by Crippen LogP contribution is -2.37. The van der Waals surface area contributed by atoms with Crippen LogP contribution in [0, 0.1) is 12.8 Å². The molecule has 0 atom stereocenters. The van der Waals surface area contributed by atoms with E-state index in [1.807, 2.05) is 13.0 Å². The lowest BCUT2D eigenvalue weighted by atomic mass is 9.96. The first-order chi connectivity index (χ1) is 13.3. The molecule has 28 heavy (non-hydrogen) atoms. The number of hydrogen-bond donors (Lipinski definition) is 1. The van der Waals surface area contributed by atoms with Crippen LogP contribution >= 0.6 is 0 Å². The number of piperidine rings is 1. The molecule has 1 aliphatic rings. The van der Waals surface area contributed by atoms with Crippen molar-refractivity contribution in [3.05, 3.63) is 46.5 Å². The number of rotatable bonds is 3. The third-order valence-electron chi connectivity index (χ3n) is 5.07. The van der Waals surface area contributed by atoms with Crippen molar-refractivity contribution < 1.29 is 13.2 Å². The smallest absolute Gasteiger partial charge is 0.355 e. The van der Waals surface area contributed by atoms with Gasteiger partial charge in [-0.2, -0.15) is 13.2 Å². The number of aromatic amines is 1. The topological polar surface area (TPSA) is 79.7 Å². The van der Waals surface area contributed by atoms with Gasteiger partial charge < -0.3 is 9.88 Å². The summed E-state index contributed by atoms with van der Waals surface area (Å²) in [7, 11) is 0. The minimum Gasteiger partial charge on any atom is -0.355 e. The Morgan fingerprint density at radius 3 is 2.61 bits per heavy atom. The van der Waals surface area contributed by atoms with Crippen LogP contribution < -0.4 is 10.5 Å². The van der Waals surface area contributed by atoms with Crippen molar-refractivity contribution >= 4 is 16.9 Å². The van der Waals surface area contributed by atoms with E-state index in [4.69, 9.17) is 0 Å². The summed E-state index contributed by atoms with van der Waals surface area (Å²) in [5.74, 6) is 1.04. The van der Waals surface area contributed by atoms with E-state index >= 15 is 0 Å². The van der Waals surface area contributed by atoms with Gasteiger partial charge in [-0.15, -0.1) is 0 Å². The predicted octanol–water partition coefficient (Wildman–Crippen LogP) is 2.76. The molecule has 0 saturated carbocycles. The Labute approximate surface area is 158 Å². The first-order valence-electron chi connectivity index (χ1n) is 9.00.